The van der Waals surface area contributed by atoms with Gasteiger partial charge in [0, 0.05) is 11.3 Å². The molecule has 0 aromatic heterocycles. The van der Waals surface area contributed by atoms with Crippen molar-refractivity contribution in [3.63, 3.8) is 0 Å². The third-order valence-electron chi connectivity index (χ3n) is 11.4. The van der Waals surface area contributed by atoms with E-state index in [2.05, 4.69) is 124 Å². The molecule has 0 heterocycles. The molecule has 2 aromatic rings. The second-order valence-electron chi connectivity index (χ2n) is 16.9. The van der Waals surface area contributed by atoms with Gasteiger partial charge >= 0.3 is 26.2 Å². The average molecular weight is 709 g/mol. The molecule has 0 amide bonds. The molecule has 3 heteroatoms. The molecule has 3 atom stereocenters. The van der Waals surface area contributed by atoms with E-state index in [1.54, 1.807) is 22.3 Å². The molecule has 4 aliphatic carbocycles. The van der Waals surface area contributed by atoms with Gasteiger partial charge in [-0.25, -0.2) is 0 Å². The van der Waals surface area contributed by atoms with Crippen molar-refractivity contribution in [2.24, 2.45) is 22.7 Å². The zero-order chi connectivity index (χ0) is 29.5. The number of hydrogen-bond donors (Lipinski definition) is 0. The van der Waals surface area contributed by atoms with Gasteiger partial charge in [0.25, 0.3) is 0 Å². The summed E-state index contributed by atoms with van der Waals surface area (Å²) in [5.74, 6) is 1.90. The van der Waals surface area contributed by atoms with E-state index in [1.165, 1.54) is 60.8 Å². The molecular formula is C41H54Cl2Zr. The van der Waals surface area contributed by atoms with Crippen LogP contribution in [-0.2, 0) is 37.0 Å². The summed E-state index contributed by atoms with van der Waals surface area (Å²) >= 11 is 0. The maximum atomic E-state index is 2.72. The van der Waals surface area contributed by atoms with Gasteiger partial charge in [-0.05, 0) is 106 Å². The van der Waals surface area contributed by atoms with E-state index in [4.69, 9.17) is 0 Å². The number of rotatable bonds is 3. The second kappa shape index (κ2) is 13.0. The first-order valence-electron chi connectivity index (χ1n) is 16.5. The molecule has 0 saturated carbocycles. The van der Waals surface area contributed by atoms with Gasteiger partial charge in [-0.3, -0.25) is 0 Å². The van der Waals surface area contributed by atoms with Crippen LogP contribution in [0.2, 0.25) is 0 Å². The molecule has 0 saturated heterocycles. The molecule has 0 N–H and O–H groups in total. The Kier molecular flexibility index (Phi) is 11.1. The van der Waals surface area contributed by atoms with Crippen molar-refractivity contribution >= 4 is 0 Å². The summed E-state index contributed by atoms with van der Waals surface area (Å²) in [4.78, 5) is 0. The Bertz CT molecular complexity index is 1410. The predicted octanol–water partition coefficient (Wildman–Crippen LogP) is 5.84. The summed E-state index contributed by atoms with van der Waals surface area (Å²) in [7, 11) is 0. The number of benzene rings is 2. The third-order valence-corrected chi connectivity index (χ3v) is 11.4. The molecule has 2 aromatic carbocycles. The third kappa shape index (κ3) is 6.23. The minimum absolute atomic E-state index is 0. The molecule has 0 nitrogen and oxygen atoms in total. The van der Waals surface area contributed by atoms with Crippen LogP contribution in [0.15, 0.2) is 71.3 Å². The molecule has 236 valence electrons. The molecular weight excluding hydrogens is 655 g/mol. The zero-order valence-corrected chi connectivity index (χ0v) is 32.9. The van der Waals surface area contributed by atoms with Crippen LogP contribution in [0.5, 0.6) is 0 Å². The van der Waals surface area contributed by atoms with Crippen molar-refractivity contribution in [1.29, 1.82) is 0 Å². The predicted molar refractivity (Wildman–Crippen MR) is 178 cm³/mol. The summed E-state index contributed by atoms with van der Waals surface area (Å²) in [6.07, 6.45) is 15.2. The van der Waals surface area contributed by atoms with Crippen LogP contribution in [0.25, 0.3) is 11.1 Å². The maximum Gasteiger partial charge on any atom is 2.00 e. The quantitative estimate of drug-likeness (QED) is 0.352. The average Bonchev–Trinajstić information content (AvgIpc) is 3.57. The van der Waals surface area contributed by atoms with Gasteiger partial charge in [-0.1, -0.05) is 135 Å². The number of allylic oxidation sites excluding steroid dienone is 6. The number of fused-ring (bicyclic) bond motifs is 3. The first kappa shape index (κ1) is 37.6. The van der Waals surface area contributed by atoms with Crippen LogP contribution in [0.4, 0.5) is 0 Å². The minimum atomic E-state index is 0. The molecule has 0 radical (unpaired) electrons. The first-order chi connectivity index (χ1) is 19.1. The van der Waals surface area contributed by atoms with Crippen molar-refractivity contribution in [3.05, 3.63) is 93.6 Å². The first-order valence-corrected chi connectivity index (χ1v) is 16.5. The van der Waals surface area contributed by atoms with E-state index < -0.39 is 0 Å². The Morgan fingerprint density at radius 3 is 1.73 bits per heavy atom. The van der Waals surface area contributed by atoms with E-state index in [0.717, 1.165) is 5.92 Å². The Morgan fingerprint density at radius 1 is 0.750 bits per heavy atom. The number of halogens is 2. The molecule has 0 aliphatic heterocycles. The van der Waals surface area contributed by atoms with Gasteiger partial charge in [0.1, 0.15) is 0 Å². The Hall–Kier alpha value is -0.877. The van der Waals surface area contributed by atoms with Crippen molar-refractivity contribution in [2.45, 2.75) is 125 Å². The minimum Gasteiger partial charge on any atom is -1.00 e. The second-order valence-corrected chi connectivity index (χ2v) is 16.9. The van der Waals surface area contributed by atoms with Gasteiger partial charge < -0.3 is 24.8 Å². The maximum absolute atomic E-state index is 2.72. The number of hydrogen-bond acceptors (Lipinski definition) is 0. The molecule has 44 heavy (non-hydrogen) atoms. The summed E-state index contributed by atoms with van der Waals surface area (Å²) < 4.78 is 0. The van der Waals surface area contributed by atoms with Gasteiger partial charge in [0.15, 0.2) is 0 Å². The smallest absolute Gasteiger partial charge is 1.00 e. The topological polar surface area (TPSA) is 0 Å². The van der Waals surface area contributed by atoms with Crippen molar-refractivity contribution in [3.8, 4) is 11.1 Å². The van der Waals surface area contributed by atoms with Crippen LogP contribution in [0.3, 0.4) is 0 Å². The molecule has 0 spiro atoms. The zero-order valence-electron chi connectivity index (χ0n) is 28.9. The van der Waals surface area contributed by atoms with Crippen molar-refractivity contribution in [1.82, 2.24) is 0 Å². The van der Waals surface area contributed by atoms with Crippen LogP contribution in [0.1, 0.15) is 136 Å². The fourth-order valence-electron chi connectivity index (χ4n) is 8.76. The van der Waals surface area contributed by atoms with Gasteiger partial charge in [-0.2, -0.15) is 0 Å². The Morgan fingerprint density at radius 2 is 1.30 bits per heavy atom. The largest absolute Gasteiger partial charge is 2.00 e. The van der Waals surface area contributed by atoms with Crippen LogP contribution >= 0.6 is 0 Å². The summed E-state index contributed by atoms with van der Waals surface area (Å²) in [6.45, 7) is 24.0. The van der Waals surface area contributed by atoms with Crippen LogP contribution < -0.4 is 24.8 Å². The standard InChI is InChI=1S/C41H54.2ClH.Zr/c1-11-41(25-35(26-15-13-12-14-16-26)32-23-29(24-36(32)41)40(8,9)10)37-33-21-27(38(2,3)4)17-19-30(33)31-20-18-28(22-34(31)37)39(5,6)7;;;/h12-13,17-22,24,26,35,37H,11,14-16,23,25H2,1-10H3;2*1H;/q;;;+2/p-2. The molecule has 3 unspecified atom stereocenters. The van der Waals surface area contributed by atoms with Gasteiger partial charge in [0.2, 0.25) is 0 Å². The summed E-state index contributed by atoms with van der Waals surface area (Å²) in [5, 5.41) is 0. The van der Waals surface area contributed by atoms with Crippen LogP contribution in [0, 0.1) is 22.7 Å². The van der Waals surface area contributed by atoms with E-state index >= 15 is 0 Å². The summed E-state index contributed by atoms with van der Waals surface area (Å²) in [5.41, 5.74) is 14.9. The van der Waals surface area contributed by atoms with E-state index in [9.17, 15) is 0 Å². The van der Waals surface area contributed by atoms with E-state index in [-0.39, 0.29) is 72.7 Å². The molecule has 6 rings (SSSR count). The van der Waals surface area contributed by atoms with E-state index in [0.29, 0.717) is 11.8 Å². The molecule has 0 fully saturated rings. The van der Waals surface area contributed by atoms with Crippen molar-refractivity contribution in [2.75, 3.05) is 0 Å². The molecule has 4 aliphatic rings. The fraction of sp³-hybridized carbons (Fsp3) is 0.561. The van der Waals surface area contributed by atoms with Crippen LogP contribution in [-0.4, -0.2) is 0 Å². The SMILES string of the molecule is CCC1(C2c3cc(C(C)(C)C)ccc3-c3ccc(C(C)(C)C)cc32)CC(C2CC=CCC2)C2=C1C=C(C(C)(C)C)C2.[Cl-].[Cl-].[Zr+2]. The van der Waals surface area contributed by atoms with Crippen molar-refractivity contribution < 1.29 is 51.0 Å². The normalized spacial score (nSPS) is 24.5. The van der Waals surface area contributed by atoms with E-state index in [1.807, 2.05) is 5.57 Å². The molecule has 0 bridgehead atoms. The Balaban J connectivity index is 0.00000176. The fourth-order valence-corrected chi connectivity index (χ4v) is 8.76. The van der Waals surface area contributed by atoms with Gasteiger partial charge in [-0.15, -0.1) is 0 Å². The summed E-state index contributed by atoms with van der Waals surface area (Å²) in [6, 6.07) is 15.0. The monoisotopic (exact) mass is 706 g/mol. The Labute approximate surface area is 301 Å². The van der Waals surface area contributed by atoms with Gasteiger partial charge in [0.05, 0.1) is 0 Å².